The molecule has 2 aromatic rings. The Labute approximate surface area is 142 Å². The summed E-state index contributed by atoms with van der Waals surface area (Å²) in [5.41, 5.74) is 0.786. The molecule has 122 valence electrons. The maximum Gasteiger partial charge on any atom is 0.357 e. The predicted octanol–water partition coefficient (Wildman–Crippen LogP) is 4.35. The van der Waals surface area contributed by atoms with Crippen LogP contribution in [0.4, 0.5) is 15.6 Å². The summed E-state index contributed by atoms with van der Waals surface area (Å²) in [7, 11) is 1.30. The Balaban J connectivity index is 2.13. The molecule has 0 spiro atoms. The van der Waals surface area contributed by atoms with E-state index in [1.807, 2.05) is 13.8 Å². The van der Waals surface area contributed by atoms with Crippen LogP contribution < -0.4 is 10.6 Å². The van der Waals surface area contributed by atoms with Crippen LogP contribution in [0.2, 0.25) is 5.02 Å². The van der Waals surface area contributed by atoms with Gasteiger partial charge in [-0.05, 0) is 24.1 Å². The Bertz CT molecular complexity index is 731. The lowest BCUT2D eigenvalue weighted by Crippen LogP contribution is -2.19. The normalized spacial score (nSPS) is 10.5. The topological polar surface area (TPSA) is 80.3 Å². The van der Waals surface area contributed by atoms with Gasteiger partial charge in [0.1, 0.15) is 0 Å². The van der Waals surface area contributed by atoms with Crippen LogP contribution in [-0.4, -0.2) is 24.1 Å². The lowest BCUT2D eigenvalue weighted by atomic mass is 10.1. The number of esters is 1. The largest absolute Gasteiger partial charge is 0.464 e. The third-order valence-electron chi connectivity index (χ3n) is 2.86. The minimum atomic E-state index is -0.520. The van der Waals surface area contributed by atoms with Crippen molar-refractivity contribution < 1.29 is 14.3 Å². The van der Waals surface area contributed by atoms with E-state index in [1.165, 1.54) is 18.4 Å². The highest BCUT2D eigenvalue weighted by atomic mass is 35.5. The molecule has 0 aliphatic carbocycles. The molecule has 1 aromatic heterocycles. The van der Waals surface area contributed by atoms with Crippen molar-refractivity contribution >= 4 is 45.8 Å². The summed E-state index contributed by atoms with van der Waals surface area (Å²) in [5.74, 6) is -0.429. The molecule has 0 radical (unpaired) electrons. The quantitative estimate of drug-likeness (QED) is 0.801. The third-order valence-corrected chi connectivity index (χ3v) is 4.37. The fourth-order valence-corrected chi connectivity index (χ4v) is 2.99. The van der Waals surface area contributed by atoms with Crippen LogP contribution in [0.15, 0.2) is 24.3 Å². The standard InChI is InChI=1S/C15H16ClN3O3S/c1-8(2)12-11(13(20)22-3)18-15(23-12)19-14(21)17-10-6-4-5-9(16)7-10/h4-8H,1-3H3,(H2,17,18,19,21). The van der Waals surface area contributed by atoms with E-state index < -0.39 is 12.0 Å². The van der Waals surface area contributed by atoms with Crippen molar-refractivity contribution in [3.8, 4) is 0 Å². The van der Waals surface area contributed by atoms with Gasteiger partial charge in [-0.1, -0.05) is 31.5 Å². The molecule has 2 N–H and O–H groups in total. The number of aromatic nitrogens is 1. The molecule has 2 amide bonds. The van der Waals surface area contributed by atoms with Gasteiger partial charge < -0.3 is 10.1 Å². The number of benzene rings is 1. The van der Waals surface area contributed by atoms with Crippen molar-refractivity contribution in [2.45, 2.75) is 19.8 Å². The number of nitrogens with one attached hydrogen (secondary N) is 2. The molecule has 0 fully saturated rings. The Kier molecular flexibility index (Phi) is 5.57. The first-order valence-electron chi connectivity index (χ1n) is 6.83. The fraction of sp³-hybridized carbons (Fsp3) is 0.267. The highest BCUT2D eigenvalue weighted by Crippen LogP contribution is 2.30. The summed E-state index contributed by atoms with van der Waals surface area (Å²) in [4.78, 5) is 28.7. The van der Waals surface area contributed by atoms with E-state index in [9.17, 15) is 9.59 Å². The first-order chi connectivity index (χ1) is 10.9. The molecule has 0 bridgehead atoms. The fourth-order valence-electron chi connectivity index (χ4n) is 1.85. The number of amides is 2. The average Bonchev–Trinajstić information content (AvgIpc) is 2.90. The number of urea groups is 1. The zero-order valence-electron chi connectivity index (χ0n) is 12.8. The van der Waals surface area contributed by atoms with Crippen molar-refractivity contribution in [1.82, 2.24) is 4.98 Å². The van der Waals surface area contributed by atoms with Gasteiger partial charge in [0, 0.05) is 15.6 Å². The van der Waals surface area contributed by atoms with Crippen LogP contribution in [0.3, 0.4) is 0 Å². The Morgan fingerprint density at radius 3 is 2.65 bits per heavy atom. The number of halogens is 1. The molecule has 0 aliphatic rings. The van der Waals surface area contributed by atoms with E-state index in [0.717, 1.165) is 4.88 Å². The molecule has 1 aromatic carbocycles. The van der Waals surface area contributed by atoms with Crippen LogP contribution in [0.5, 0.6) is 0 Å². The van der Waals surface area contributed by atoms with Gasteiger partial charge >= 0.3 is 12.0 Å². The predicted molar refractivity (Wildman–Crippen MR) is 91.6 cm³/mol. The number of hydrogen-bond donors (Lipinski definition) is 2. The maximum atomic E-state index is 12.0. The Morgan fingerprint density at radius 1 is 1.30 bits per heavy atom. The SMILES string of the molecule is COC(=O)c1nc(NC(=O)Nc2cccc(Cl)c2)sc1C(C)C. The number of anilines is 2. The van der Waals surface area contributed by atoms with Crippen molar-refractivity contribution in [2.75, 3.05) is 17.7 Å². The second-order valence-electron chi connectivity index (χ2n) is 4.97. The monoisotopic (exact) mass is 353 g/mol. The van der Waals surface area contributed by atoms with E-state index in [4.69, 9.17) is 16.3 Å². The van der Waals surface area contributed by atoms with Crippen molar-refractivity contribution in [1.29, 1.82) is 0 Å². The summed E-state index contributed by atoms with van der Waals surface area (Å²) < 4.78 is 4.72. The molecule has 0 unspecified atom stereocenters. The maximum absolute atomic E-state index is 12.0. The van der Waals surface area contributed by atoms with E-state index in [-0.39, 0.29) is 11.6 Å². The Hall–Kier alpha value is -2.12. The number of ether oxygens (including phenoxy) is 1. The molecular weight excluding hydrogens is 338 g/mol. The smallest absolute Gasteiger partial charge is 0.357 e. The lowest BCUT2D eigenvalue weighted by molar-refractivity contribution is 0.0593. The van der Waals surface area contributed by atoms with Crippen LogP contribution in [-0.2, 0) is 4.74 Å². The summed E-state index contributed by atoms with van der Waals surface area (Å²) in [6.45, 7) is 3.88. The van der Waals surface area contributed by atoms with Gasteiger partial charge in [0.15, 0.2) is 10.8 Å². The number of thiazole rings is 1. The van der Waals surface area contributed by atoms with E-state index >= 15 is 0 Å². The first-order valence-corrected chi connectivity index (χ1v) is 8.02. The average molecular weight is 354 g/mol. The van der Waals surface area contributed by atoms with E-state index in [0.29, 0.717) is 15.8 Å². The van der Waals surface area contributed by atoms with Gasteiger partial charge in [-0.15, -0.1) is 11.3 Å². The van der Waals surface area contributed by atoms with Gasteiger partial charge in [0.25, 0.3) is 0 Å². The zero-order valence-corrected chi connectivity index (χ0v) is 14.4. The van der Waals surface area contributed by atoms with Crippen molar-refractivity contribution in [2.24, 2.45) is 0 Å². The molecule has 6 nitrogen and oxygen atoms in total. The number of hydrogen-bond acceptors (Lipinski definition) is 5. The molecule has 2 rings (SSSR count). The molecule has 0 aliphatic heterocycles. The van der Waals surface area contributed by atoms with E-state index in [2.05, 4.69) is 15.6 Å². The summed E-state index contributed by atoms with van der Waals surface area (Å²) in [6, 6.07) is 6.32. The minimum Gasteiger partial charge on any atom is -0.464 e. The van der Waals surface area contributed by atoms with Crippen molar-refractivity contribution in [3.63, 3.8) is 0 Å². The Morgan fingerprint density at radius 2 is 2.04 bits per heavy atom. The number of rotatable bonds is 4. The van der Waals surface area contributed by atoms with Crippen LogP contribution in [0.1, 0.15) is 35.1 Å². The molecule has 0 atom stereocenters. The highest BCUT2D eigenvalue weighted by Gasteiger charge is 2.21. The van der Waals surface area contributed by atoms with Crippen LogP contribution in [0, 0.1) is 0 Å². The van der Waals surface area contributed by atoms with Crippen LogP contribution >= 0.6 is 22.9 Å². The second-order valence-corrected chi connectivity index (χ2v) is 6.43. The number of methoxy groups -OCH3 is 1. The van der Waals surface area contributed by atoms with Gasteiger partial charge in [-0.3, -0.25) is 5.32 Å². The summed E-state index contributed by atoms with van der Waals surface area (Å²) >= 11 is 7.11. The minimum absolute atomic E-state index is 0.0909. The van der Waals surface area contributed by atoms with Gasteiger partial charge in [0.05, 0.1) is 7.11 Å². The van der Waals surface area contributed by atoms with Crippen molar-refractivity contribution in [3.05, 3.63) is 39.9 Å². The highest BCUT2D eigenvalue weighted by molar-refractivity contribution is 7.16. The second kappa shape index (κ2) is 7.43. The number of carbonyl (C=O) groups excluding carboxylic acids is 2. The van der Waals surface area contributed by atoms with E-state index in [1.54, 1.807) is 24.3 Å². The third kappa shape index (κ3) is 4.43. The van der Waals surface area contributed by atoms with Gasteiger partial charge in [-0.2, -0.15) is 0 Å². The van der Waals surface area contributed by atoms with Gasteiger partial charge in [-0.25, -0.2) is 14.6 Å². The molecule has 0 saturated carbocycles. The number of nitrogens with zero attached hydrogens (tertiary/aromatic N) is 1. The summed E-state index contributed by atoms with van der Waals surface area (Å²) in [6.07, 6.45) is 0. The van der Waals surface area contributed by atoms with Gasteiger partial charge in [0.2, 0.25) is 0 Å². The summed E-state index contributed by atoms with van der Waals surface area (Å²) in [5, 5.41) is 6.11. The molecule has 23 heavy (non-hydrogen) atoms. The first kappa shape index (κ1) is 17.2. The molecule has 1 heterocycles. The molecule has 0 saturated heterocycles. The molecule has 8 heteroatoms. The lowest BCUT2D eigenvalue weighted by Gasteiger charge is -2.05. The van der Waals surface area contributed by atoms with Crippen LogP contribution in [0.25, 0.3) is 0 Å². The molecular formula is C15H16ClN3O3S. The number of carbonyl (C=O) groups is 2. The zero-order chi connectivity index (χ0) is 17.0.